The Hall–Kier alpha value is -1.39. The van der Waals surface area contributed by atoms with Crippen LogP contribution in [0.5, 0.6) is 0 Å². The van der Waals surface area contributed by atoms with E-state index in [-0.39, 0.29) is 25.5 Å². The number of alkyl halides is 3. The molecule has 25 heavy (non-hydrogen) atoms. The minimum absolute atomic E-state index is 0. The van der Waals surface area contributed by atoms with Crippen LogP contribution >= 0.6 is 12.4 Å². The smallest absolute Gasteiger partial charge is 0.338 e. The van der Waals surface area contributed by atoms with E-state index in [0.717, 1.165) is 17.9 Å². The van der Waals surface area contributed by atoms with Crippen LogP contribution in [0.4, 0.5) is 13.2 Å². The van der Waals surface area contributed by atoms with Crippen molar-refractivity contribution in [2.75, 3.05) is 26.2 Å². The van der Waals surface area contributed by atoms with Crippen LogP contribution in [0.25, 0.3) is 0 Å². The first kappa shape index (κ1) is 21.7. The Balaban J connectivity index is 0.00000312. The summed E-state index contributed by atoms with van der Waals surface area (Å²) in [4.78, 5) is 19.3. The molecule has 1 aromatic heterocycles. The molecular weight excluding hydrogens is 363 g/mol. The lowest BCUT2D eigenvalue weighted by Crippen LogP contribution is -2.47. The number of hydrogen-bond donors (Lipinski definition) is 1. The first-order valence-corrected chi connectivity index (χ1v) is 7.91. The average Bonchev–Trinajstić information content (AvgIpc) is 2.99. The normalized spacial score (nSPS) is 18.7. The molecule has 1 aliphatic rings. The molecule has 2 N–H and O–H groups in total. The molecular formula is C14H23ClF3N5O2. The van der Waals surface area contributed by atoms with Gasteiger partial charge in [0.25, 0.3) is 0 Å². The fourth-order valence-electron chi connectivity index (χ4n) is 2.86. The Morgan fingerprint density at radius 2 is 2.20 bits per heavy atom. The van der Waals surface area contributed by atoms with Crippen LogP contribution in [0.2, 0.25) is 0 Å². The highest BCUT2D eigenvalue weighted by atomic mass is 35.5. The highest BCUT2D eigenvalue weighted by Gasteiger charge is 2.36. The second-order valence-electron chi connectivity index (χ2n) is 5.85. The van der Waals surface area contributed by atoms with Crippen molar-refractivity contribution in [1.82, 2.24) is 19.9 Å². The quantitative estimate of drug-likeness (QED) is 0.799. The van der Waals surface area contributed by atoms with Gasteiger partial charge in [0.15, 0.2) is 5.82 Å². The van der Waals surface area contributed by atoms with E-state index in [9.17, 15) is 18.0 Å². The standard InChI is InChI=1S/C14H22F3N5O2.ClH/c1-2-22(9-14(15,16)17)13(23)10-4-3-5-21(7-10)8-11-19-12(6-18)24-20-11;/h10H,2-9,18H2,1H3;1H. The van der Waals surface area contributed by atoms with Crippen LogP contribution in [0.1, 0.15) is 31.5 Å². The summed E-state index contributed by atoms with van der Waals surface area (Å²) in [5.41, 5.74) is 5.41. The van der Waals surface area contributed by atoms with Crippen LogP contribution < -0.4 is 5.73 Å². The van der Waals surface area contributed by atoms with Gasteiger partial charge in [-0.25, -0.2) is 0 Å². The molecule has 2 rings (SSSR count). The van der Waals surface area contributed by atoms with Crippen LogP contribution in [0.15, 0.2) is 4.52 Å². The van der Waals surface area contributed by atoms with E-state index in [4.69, 9.17) is 10.3 Å². The summed E-state index contributed by atoms with van der Waals surface area (Å²) in [6.45, 7) is 2.05. The number of halogens is 4. The highest BCUT2D eigenvalue weighted by Crippen LogP contribution is 2.23. The lowest BCUT2D eigenvalue weighted by atomic mass is 9.96. The van der Waals surface area contributed by atoms with E-state index in [1.165, 1.54) is 0 Å². The van der Waals surface area contributed by atoms with Gasteiger partial charge in [-0.05, 0) is 26.3 Å². The molecule has 0 radical (unpaired) electrons. The Morgan fingerprint density at radius 1 is 1.48 bits per heavy atom. The minimum atomic E-state index is -4.39. The van der Waals surface area contributed by atoms with E-state index in [1.807, 2.05) is 4.90 Å². The second-order valence-corrected chi connectivity index (χ2v) is 5.85. The Kier molecular flexibility index (Phi) is 8.10. The van der Waals surface area contributed by atoms with Crippen molar-refractivity contribution in [3.05, 3.63) is 11.7 Å². The van der Waals surface area contributed by atoms with Crippen molar-refractivity contribution in [2.45, 2.75) is 39.0 Å². The van der Waals surface area contributed by atoms with Gasteiger partial charge in [0.05, 0.1) is 19.0 Å². The summed E-state index contributed by atoms with van der Waals surface area (Å²) < 4.78 is 42.7. The lowest BCUT2D eigenvalue weighted by molar-refractivity contribution is -0.164. The molecule has 2 heterocycles. The van der Waals surface area contributed by atoms with Gasteiger partial charge in [0, 0.05) is 13.1 Å². The molecule has 11 heteroatoms. The first-order valence-electron chi connectivity index (χ1n) is 7.91. The molecule has 0 spiro atoms. The SMILES string of the molecule is CCN(CC(F)(F)F)C(=O)C1CCCN(Cc2noc(CN)n2)C1.Cl. The predicted molar refractivity (Wildman–Crippen MR) is 85.7 cm³/mol. The number of hydrogen-bond acceptors (Lipinski definition) is 6. The number of likely N-dealkylation sites (tertiary alicyclic amines) is 1. The zero-order valence-electron chi connectivity index (χ0n) is 14.0. The fourth-order valence-corrected chi connectivity index (χ4v) is 2.86. The first-order chi connectivity index (χ1) is 11.3. The van der Waals surface area contributed by atoms with Gasteiger partial charge < -0.3 is 15.2 Å². The van der Waals surface area contributed by atoms with Gasteiger partial charge in [-0.3, -0.25) is 9.69 Å². The third-order valence-corrected chi connectivity index (χ3v) is 3.97. The van der Waals surface area contributed by atoms with Crippen molar-refractivity contribution in [3.63, 3.8) is 0 Å². The number of aromatic nitrogens is 2. The van der Waals surface area contributed by atoms with E-state index in [2.05, 4.69) is 10.1 Å². The maximum absolute atomic E-state index is 12.6. The predicted octanol–water partition coefficient (Wildman–Crippen LogP) is 1.57. The summed E-state index contributed by atoms with van der Waals surface area (Å²) in [6.07, 6.45) is -3.06. The van der Waals surface area contributed by atoms with Crippen LogP contribution in [0, 0.1) is 5.92 Å². The molecule has 1 aromatic rings. The zero-order chi connectivity index (χ0) is 17.7. The van der Waals surface area contributed by atoms with Gasteiger partial charge in [-0.2, -0.15) is 18.2 Å². The van der Waals surface area contributed by atoms with Crippen LogP contribution in [0.3, 0.4) is 0 Å². The fraction of sp³-hybridized carbons (Fsp3) is 0.786. The molecule has 1 atom stereocenters. The monoisotopic (exact) mass is 385 g/mol. The van der Waals surface area contributed by atoms with Crippen molar-refractivity contribution in [1.29, 1.82) is 0 Å². The molecule has 1 amide bonds. The number of piperidine rings is 1. The Labute approximate surface area is 150 Å². The molecule has 0 aliphatic carbocycles. The Bertz CT molecular complexity index is 555. The number of carbonyl (C=O) groups excluding carboxylic acids is 1. The van der Waals surface area contributed by atoms with Crippen molar-refractivity contribution in [2.24, 2.45) is 11.7 Å². The topological polar surface area (TPSA) is 88.5 Å². The van der Waals surface area contributed by atoms with Crippen LogP contribution in [-0.4, -0.2) is 58.2 Å². The van der Waals surface area contributed by atoms with Crippen molar-refractivity contribution in [3.8, 4) is 0 Å². The number of carbonyl (C=O) groups is 1. The number of rotatable bonds is 6. The summed E-state index contributed by atoms with van der Waals surface area (Å²) in [7, 11) is 0. The molecule has 1 fully saturated rings. The summed E-state index contributed by atoms with van der Waals surface area (Å²) >= 11 is 0. The van der Waals surface area contributed by atoms with Gasteiger partial charge in [-0.15, -0.1) is 12.4 Å². The third kappa shape index (κ3) is 6.44. The largest absolute Gasteiger partial charge is 0.406 e. The maximum atomic E-state index is 12.6. The van der Waals surface area contributed by atoms with Gasteiger partial charge in [0.2, 0.25) is 11.8 Å². The average molecular weight is 386 g/mol. The molecule has 1 saturated heterocycles. The van der Waals surface area contributed by atoms with Gasteiger partial charge in [0.1, 0.15) is 6.54 Å². The number of nitrogens with two attached hydrogens (primary N) is 1. The molecule has 0 aromatic carbocycles. The molecule has 0 saturated carbocycles. The van der Waals surface area contributed by atoms with Crippen molar-refractivity contribution >= 4 is 18.3 Å². The molecule has 1 unspecified atom stereocenters. The van der Waals surface area contributed by atoms with E-state index < -0.39 is 24.5 Å². The second kappa shape index (κ2) is 9.35. The summed E-state index contributed by atoms with van der Waals surface area (Å²) in [5, 5.41) is 3.80. The van der Waals surface area contributed by atoms with Crippen LogP contribution in [-0.2, 0) is 17.9 Å². The molecule has 0 bridgehead atoms. The maximum Gasteiger partial charge on any atom is 0.406 e. The molecule has 1 aliphatic heterocycles. The van der Waals surface area contributed by atoms with Crippen molar-refractivity contribution < 1.29 is 22.5 Å². The Morgan fingerprint density at radius 3 is 2.76 bits per heavy atom. The molecule has 144 valence electrons. The number of nitrogens with zero attached hydrogens (tertiary/aromatic N) is 4. The zero-order valence-corrected chi connectivity index (χ0v) is 14.8. The summed E-state index contributed by atoms with van der Waals surface area (Å²) in [5.74, 6) is -0.0969. The third-order valence-electron chi connectivity index (χ3n) is 3.97. The van der Waals surface area contributed by atoms with Gasteiger partial charge >= 0.3 is 6.18 Å². The minimum Gasteiger partial charge on any atom is -0.338 e. The van der Waals surface area contributed by atoms with E-state index >= 15 is 0 Å². The summed E-state index contributed by atoms with van der Waals surface area (Å²) in [6, 6.07) is 0. The number of amides is 1. The van der Waals surface area contributed by atoms with Gasteiger partial charge in [-0.1, -0.05) is 5.16 Å². The highest BCUT2D eigenvalue weighted by molar-refractivity contribution is 5.85. The van der Waals surface area contributed by atoms with E-state index in [1.54, 1.807) is 6.92 Å². The molecule has 7 nitrogen and oxygen atoms in total. The van der Waals surface area contributed by atoms with E-state index in [0.29, 0.717) is 31.2 Å². The lowest BCUT2D eigenvalue weighted by Gasteiger charge is -2.34.